The molecule has 0 heterocycles. The van der Waals surface area contributed by atoms with Crippen LogP contribution in [0.15, 0.2) is 105 Å². The van der Waals surface area contributed by atoms with Gasteiger partial charge in [0, 0.05) is 15.8 Å². The highest BCUT2D eigenvalue weighted by Gasteiger charge is 2.33. The molecule has 0 aromatic heterocycles. The van der Waals surface area contributed by atoms with Crippen molar-refractivity contribution in [3.05, 3.63) is 118 Å². The van der Waals surface area contributed by atoms with Gasteiger partial charge in [-0.3, -0.25) is 0 Å². The first kappa shape index (κ1) is 38.5. The van der Waals surface area contributed by atoms with Crippen molar-refractivity contribution >= 4 is 50.6 Å². The minimum atomic E-state index is -4.56. The van der Waals surface area contributed by atoms with Crippen LogP contribution in [0.25, 0.3) is 0 Å². The molecule has 0 aliphatic rings. The van der Waals surface area contributed by atoms with Gasteiger partial charge in [-0.2, -0.15) is 52.7 Å². The predicted octanol–water partition coefficient (Wildman–Crippen LogP) is 10.3. The Morgan fingerprint density at radius 3 is 1.33 bits per heavy atom. The molecule has 0 spiro atoms. The molecule has 0 bridgehead atoms. The Morgan fingerprint density at radius 2 is 0.878 bits per heavy atom. The number of halogens is 13. The van der Waals surface area contributed by atoms with Gasteiger partial charge < -0.3 is 22.1 Å². The zero-order valence-electron chi connectivity index (χ0n) is 24.1. The van der Waals surface area contributed by atoms with Crippen LogP contribution in [0.3, 0.4) is 0 Å². The van der Waals surface area contributed by atoms with E-state index in [9.17, 15) is 52.7 Å². The van der Waals surface area contributed by atoms with Gasteiger partial charge in [-0.1, -0.05) is 18.2 Å². The molecule has 0 aliphatic heterocycles. The Hall–Kier alpha value is -4.94. The van der Waals surface area contributed by atoms with E-state index in [1.165, 1.54) is 30.3 Å². The minimum Gasteiger partial charge on any atom is -0.369 e. The summed E-state index contributed by atoms with van der Waals surface area (Å²) in [5.74, 6) is -0.701. The maximum atomic E-state index is 12.7. The molecule has 0 saturated carbocycles. The van der Waals surface area contributed by atoms with E-state index < -0.39 is 47.0 Å². The van der Waals surface area contributed by atoms with Crippen LogP contribution in [-0.2, 0) is 24.7 Å². The number of anilines is 2. The fraction of sp³-hybridized carbons (Fsp3) is 0.133. The highest BCUT2D eigenvalue weighted by Crippen LogP contribution is 2.36. The molecule has 4 rings (SSSR count). The van der Waals surface area contributed by atoms with Crippen LogP contribution in [0.1, 0.15) is 22.3 Å². The van der Waals surface area contributed by atoms with Crippen molar-refractivity contribution in [1.29, 1.82) is 0 Å². The lowest BCUT2D eigenvalue weighted by atomic mass is 10.2. The molecule has 6 nitrogen and oxygen atoms in total. The third-order valence-electron chi connectivity index (χ3n) is 5.86. The van der Waals surface area contributed by atoms with Crippen molar-refractivity contribution in [2.45, 2.75) is 24.7 Å². The number of nitrogens with one attached hydrogen (secondary N) is 2. The number of benzene rings is 4. The molecule has 6 N–H and O–H groups in total. The number of nitrogens with zero attached hydrogens (tertiary/aromatic N) is 2. The fourth-order valence-electron chi connectivity index (χ4n) is 3.69. The highest BCUT2D eigenvalue weighted by atomic mass is 79.9. The van der Waals surface area contributed by atoms with Crippen LogP contribution in [0, 0.1) is 0 Å². The summed E-state index contributed by atoms with van der Waals surface area (Å²) >= 11 is 3.04. The average Bonchev–Trinajstić information content (AvgIpc) is 2.97. The van der Waals surface area contributed by atoms with Crippen molar-refractivity contribution < 1.29 is 52.7 Å². The first-order valence-corrected chi connectivity index (χ1v) is 13.9. The van der Waals surface area contributed by atoms with Gasteiger partial charge in [0.05, 0.1) is 33.6 Å². The molecule has 262 valence electrons. The number of hydrogen-bond donors (Lipinski definition) is 4. The molecule has 19 heteroatoms. The number of hydrogen-bond acceptors (Lipinski definition) is 2. The second-order valence-electron chi connectivity index (χ2n) is 9.61. The quantitative estimate of drug-likeness (QED) is 0.0943. The lowest BCUT2D eigenvalue weighted by Gasteiger charge is -2.11. The van der Waals surface area contributed by atoms with Crippen molar-refractivity contribution in [1.82, 2.24) is 0 Å². The summed E-state index contributed by atoms with van der Waals surface area (Å²) in [4.78, 5) is 7.50. The SMILES string of the molecule is NC(=Nc1cc(C(F)(F)F)ccc1Br)Nc1cccc(C(F)(F)F)c1.NC(=Nc1cccc(C(F)(F)F)c1)Nc1cccc(C(F)(F)F)c1. The molecule has 4 aromatic carbocycles. The topological polar surface area (TPSA) is 101 Å². The zero-order chi connectivity index (χ0) is 36.8. The molecule has 4 aromatic rings. The first-order chi connectivity index (χ1) is 22.5. The Kier molecular flexibility index (Phi) is 11.9. The number of nitrogens with two attached hydrogens (primary N) is 2. The normalized spacial score (nSPS) is 13.0. The number of guanidine groups is 2. The maximum absolute atomic E-state index is 12.7. The van der Waals surface area contributed by atoms with Gasteiger partial charge >= 0.3 is 24.7 Å². The van der Waals surface area contributed by atoms with Gasteiger partial charge in [0.1, 0.15) is 0 Å². The summed E-state index contributed by atoms with van der Waals surface area (Å²) in [5, 5.41) is 4.82. The van der Waals surface area contributed by atoms with Gasteiger partial charge in [-0.15, -0.1) is 0 Å². The smallest absolute Gasteiger partial charge is 0.369 e. The fourth-order valence-corrected chi connectivity index (χ4v) is 4.03. The maximum Gasteiger partial charge on any atom is 0.416 e. The van der Waals surface area contributed by atoms with Crippen molar-refractivity contribution in [2.75, 3.05) is 10.6 Å². The van der Waals surface area contributed by atoms with Crippen molar-refractivity contribution in [3.8, 4) is 0 Å². The largest absolute Gasteiger partial charge is 0.416 e. The lowest BCUT2D eigenvalue weighted by molar-refractivity contribution is -0.138. The standard InChI is InChI=1S/C15H10BrF6N3.C15H11F6N3/c16-11-5-4-9(15(20,21)22)7-12(11)25-13(23)24-10-3-1-2-8(6-10)14(17,18)19;16-14(17,18)9-3-1-5-11(7-9)23-13(22)24-12-6-2-4-10(8-12)15(19,20)21/h1-7H,(H3,23,24,25);1-8H,(H3,22,23,24). The Balaban J connectivity index is 0.000000266. The predicted molar refractivity (Wildman–Crippen MR) is 163 cm³/mol. The lowest BCUT2D eigenvalue weighted by Crippen LogP contribution is -2.22. The average molecular weight is 773 g/mol. The number of alkyl halides is 12. The molecular weight excluding hydrogens is 752 g/mol. The van der Waals surface area contributed by atoms with Gasteiger partial charge in [0.25, 0.3) is 0 Å². The molecule has 0 fully saturated rings. The molecular formula is C30H21BrF12N6. The molecule has 0 radical (unpaired) electrons. The number of aliphatic imine (C=N–C) groups is 2. The van der Waals surface area contributed by atoms with E-state index in [4.69, 9.17) is 11.5 Å². The summed E-state index contributed by atoms with van der Waals surface area (Å²) in [6.45, 7) is 0. The Labute approximate surface area is 277 Å². The van der Waals surface area contributed by atoms with Crippen LogP contribution in [0.2, 0.25) is 0 Å². The Morgan fingerprint density at radius 1 is 0.490 bits per heavy atom. The van der Waals surface area contributed by atoms with Gasteiger partial charge in [-0.25, -0.2) is 9.98 Å². The molecule has 49 heavy (non-hydrogen) atoms. The monoisotopic (exact) mass is 772 g/mol. The van der Waals surface area contributed by atoms with Crippen molar-refractivity contribution in [3.63, 3.8) is 0 Å². The van der Waals surface area contributed by atoms with Crippen LogP contribution in [0.4, 0.5) is 75.4 Å². The summed E-state index contributed by atoms with van der Waals surface area (Å²) in [5.41, 5.74) is 7.30. The van der Waals surface area contributed by atoms with Crippen molar-refractivity contribution in [2.24, 2.45) is 21.5 Å². The molecule has 0 unspecified atom stereocenters. The summed E-state index contributed by atoms with van der Waals surface area (Å²) in [7, 11) is 0. The minimum absolute atomic E-state index is 0.000765. The van der Waals surface area contributed by atoms with E-state index in [1.807, 2.05) is 0 Å². The van der Waals surface area contributed by atoms with Gasteiger partial charge in [-0.05, 0) is 88.7 Å². The van der Waals surface area contributed by atoms with Crippen LogP contribution in [-0.4, -0.2) is 11.9 Å². The molecule has 0 amide bonds. The molecule has 0 saturated heterocycles. The third-order valence-corrected chi connectivity index (χ3v) is 6.53. The van der Waals surface area contributed by atoms with E-state index in [-0.39, 0.29) is 39.1 Å². The zero-order valence-corrected chi connectivity index (χ0v) is 25.7. The van der Waals surface area contributed by atoms with E-state index in [0.29, 0.717) is 0 Å². The summed E-state index contributed by atoms with van der Waals surface area (Å²) in [6.07, 6.45) is -18.2. The Bertz CT molecular complexity index is 1810. The van der Waals surface area contributed by atoms with E-state index in [0.717, 1.165) is 60.7 Å². The molecule has 0 aliphatic carbocycles. The number of rotatable bonds is 4. The van der Waals surface area contributed by atoms with E-state index in [2.05, 4.69) is 36.5 Å². The van der Waals surface area contributed by atoms with Gasteiger partial charge in [0.15, 0.2) is 11.9 Å². The second kappa shape index (κ2) is 15.1. The second-order valence-corrected chi connectivity index (χ2v) is 10.5. The third kappa shape index (κ3) is 11.9. The first-order valence-electron chi connectivity index (χ1n) is 13.1. The summed E-state index contributed by atoms with van der Waals surface area (Å²) < 4.78 is 152. The van der Waals surface area contributed by atoms with Crippen LogP contribution < -0.4 is 22.1 Å². The van der Waals surface area contributed by atoms with Gasteiger partial charge in [0.2, 0.25) is 0 Å². The van der Waals surface area contributed by atoms with Crippen LogP contribution >= 0.6 is 15.9 Å². The summed E-state index contributed by atoms with van der Waals surface area (Å²) in [6, 6.07) is 15.2. The van der Waals surface area contributed by atoms with E-state index in [1.54, 1.807) is 0 Å². The van der Waals surface area contributed by atoms with Crippen LogP contribution in [0.5, 0.6) is 0 Å². The molecule has 0 atom stereocenters. The van der Waals surface area contributed by atoms with E-state index >= 15 is 0 Å². The highest BCUT2D eigenvalue weighted by molar-refractivity contribution is 9.10.